The predicted octanol–water partition coefficient (Wildman–Crippen LogP) is 2.50. The second kappa shape index (κ2) is 5.58. The molecule has 0 fully saturated rings. The van der Waals surface area contributed by atoms with Crippen molar-refractivity contribution in [2.75, 3.05) is 6.54 Å². The second-order valence-corrected chi connectivity index (χ2v) is 3.73. The molecule has 0 amide bonds. The van der Waals surface area contributed by atoms with Crippen molar-refractivity contribution in [1.29, 1.82) is 0 Å². The van der Waals surface area contributed by atoms with Gasteiger partial charge in [0.15, 0.2) is 0 Å². The van der Waals surface area contributed by atoms with Crippen LogP contribution in [0.1, 0.15) is 40.0 Å². The van der Waals surface area contributed by atoms with Crippen LogP contribution in [-0.2, 0) is 0 Å². The van der Waals surface area contributed by atoms with Crippen molar-refractivity contribution >= 4 is 11.5 Å². The Morgan fingerprint density at radius 1 is 1.29 bits per heavy atom. The molecular weight excluding hydrogens is 174 g/mol. The van der Waals surface area contributed by atoms with Crippen LogP contribution in [0.25, 0.3) is 0 Å². The summed E-state index contributed by atoms with van der Waals surface area (Å²) >= 11 is 0. The first-order valence-electron chi connectivity index (χ1n) is 5.19. The summed E-state index contributed by atoms with van der Waals surface area (Å²) in [6, 6.07) is 0. The number of hydrogen-bond acceptors (Lipinski definition) is 2. The van der Waals surface area contributed by atoms with E-state index in [0.717, 1.165) is 30.3 Å². The van der Waals surface area contributed by atoms with E-state index in [4.69, 9.17) is 0 Å². The van der Waals surface area contributed by atoms with Crippen LogP contribution in [0.4, 0.5) is 0 Å². The predicted molar refractivity (Wildman–Crippen MR) is 61.8 cm³/mol. The van der Waals surface area contributed by atoms with E-state index < -0.39 is 0 Å². The van der Waals surface area contributed by atoms with Gasteiger partial charge in [0, 0.05) is 12.3 Å². The largest absolute Gasteiger partial charge is 0.370 e. The maximum absolute atomic E-state index is 4.42. The molecule has 1 N–H and O–H groups in total. The molecule has 1 aliphatic heterocycles. The van der Waals surface area contributed by atoms with Crippen molar-refractivity contribution in [1.82, 2.24) is 5.32 Å². The number of allylic oxidation sites excluding steroid dienone is 1. The standard InChI is InChI=1S/C11H19N3/c1-9(2)13-10(3)14-11-7-5-4-6-8-12-11/h7,12H,4-6,8H2,1-3H3/b14-10-. The van der Waals surface area contributed by atoms with Gasteiger partial charge in [0.1, 0.15) is 11.7 Å². The molecule has 0 aromatic rings. The minimum absolute atomic E-state index is 0.825. The number of nitrogens with zero attached hydrogens (tertiary/aromatic N) is 2. The van der Waals surface area contributed by atoms with E-state index in [9.17, 15) is 0 Å². The zero-order valence-electron chi connectivity index (χ0n) is 9.30. The Bertz CT molecular complexity index is 270. The molecule has 0 radical (unpaired) electrons. The average molecular weight is 193 g/mol. The van der Waals surface area contributed by atoms with E-state index >= 15 is 0 Å². The molecule has 3 nitrogen and oxygen atoms in total. The third-order valence-electron chi connectivity index (χ3n) is 1.94. The lowest BCUT2D eigenvalue weighted by atomic mass is 10.2. The van der Waals surface area contributed by atoms with Gasteiger partial charge in [-0.1, -0.05) is 0 Å². The molecule has 0 bridgehead atoms. The lowest BCUT2D eigenvalue weighted by Gasteiger charge is -2.02. The number of hydrogen-bond donors (Lipinski definition) is 1. The van der Waals surface area contributed by atoms with Crippen LogP contribution in [0.5, 0.6) is 0 Å². The molecule has 0 aromatic carbocycles. The number of rotatable bonds is 1. The molecule has 0 atom stereocenters. The Kier molecular flexibility index (Phi) is 4.36. The molecule has 0 saturated carbocycles. The Morgan fingerprint density at radius 3 is 2.79 bits per heavy atom. The quantitative estimate of drug-likeness (QED) is 0.504. The minimum Gasteiger partial charge on any atom is -0.370 e. The first-order valence-corrected chi connectivity index (χ1v) is 5.19. The van der Waals surface area contributed by atoms with Crippen molar-refractivity contribution in [3.05, 3.63) is 11.9 Å². The second-order valence-electron chi connectivity index (χ2n) is 3.73. The van der Waals surface area contributed by atoms with Gasteiger partial charge < -0.3 is 5.32 Å². The van der Waals surface area contributed by atoms with Crippen molar-refractivity contribution in [3.63, 3.8) is 0 Å². The Hall–Kier alpha value is -1.12. The van der Waals surface area contributed by atoms with E-state index in [1.165, 1.54) is 12.8 Å². The highest BCUT2D eigenvalue weighted by Gasteiger charge is 1.99. The van der Waals surface area contributed by atoms with Gasteiger partial charge in [-0.05, 0) is 46.1 Å². The highest BCUT2D eigenvalue weighted by molar-refractivity contribution is 5.94. The van der Waals surface area contributed by atoms with Crippen LogP contribution < -0.4 is 5.32 Å². The Morgan fingerprint density at radius 2 is 2.07 bits per heavy atom. The Balaban J connectivity index is 2.64. The first kappa shape index (κ1) is 11.0. The monoisotopic (exact) mass is 193 g/mol. The van der Waals surface area contributed by atoms with Gasteiger partial charge in [-0.25, -0.2) is 9.98 Å². The van der Waals surface area contributed by atoms with Crippen molar-refractivity contribution < 1.29 is 0 Å². The molecule has 0 aliphatic carbocycles. The zero-order chi connectivity index (χ0) is 10.4. The van der Waals surface area contributed by atoms with Gasteiger partial charge >= 0.3 is 0 Å². The van der Waals surface area contributed by atoms with Crippen LogP contribution in [0.15, 0.2) is 21.9 Å². The smallest absolute Gasteiger partial charge is 0.127 e. The molecule has 3 heteroatoms. The van der Waals surface area contributed by atoms with Crippen LogP contribution in [0, 0.1) is 0 Å². The molecule has 0 unspecified atom stereocenters. The summed E-state index contributed by atoms with van der Waals surface area (Å²) in [5, 5.41) is 3.29. The highest BCUT2D eigenvalue weighted by Crippen LogP contribution is 2.06. The van der Waals surface area contributed by atoms with Gasteiger partial charge in [-0.2, -0.15) is 0 Å². The molecule has 0 spiro atoms. The van der Waals surface area contributed by atoms with Gasteiger partial charge in [0.05, 0.1) is 0 Å². The third-order valence-corrected chi connectivity index (χ3v) is 1.94. The summed E-state index contributed by atoms with van der Waals surface area (Å²) in [6.45, 7) is 6.92. The molecular formula is C11H19N3. The van der Waals surface area contributed by atoms with E-state index in [-0.39, 0.29) is 0 Å². The summed E-state index contributed by atoms with van der Waals surface area (Å²) in [5.41, 5.74) is 1.04. The summed E-state index contributed by atoms with van der Waals surface area (Å²) in [5.74, 6) is 1.80. The zero-order valence-corrected chi connectivity index (χ0v) is 9.30. The molecule has 1 aliphatic rings. The molecule has 1 rings (SSSR count). The van der Waals surface area contributed by atoms with Gasteiger partial charge in [-0.15, -0.1) is 0 Å². The third kappa shape index (κ3) is 4.21. The highest BCUT2D eigenvalue weighted by atomic mass is 15.1. The Labute approximate surface area is 86.0 Å². The fraction of sp³-hybridized carbons (Fsp3) is 0.636. The summed E-state index contributed by atoms with van der Waals surface area (Å²) in [7, 11) is 0. The summed E-state index contributed by atoms with van der Waals surface area (Å²) < 4.78 is 0. The average Bonchev–Trinajstić information content (AvgIpc) is 2.31. The molecule has 78 valence electrons. The first-order chi connectivity index (χ1) is 6.68. The van der Waals surface area contributed by atoms with Gasteiger partial charge in [0.2, 0.25) is 0 Å². The summed E-state index contributed by atoms with van der Waals surface area (Å²) in [4.78, 5) is 8.70. The van der Waals surface area contributed by atoms with Crippen molar-refractivity contribution in [3.8, 4) is 0 Å². The molecule has 14 heavy (non-hydrogen) atoms. The van der Waals surface area contributed by atoms with Crippen molar-refractivity contribution in [2.45, 2.75) is 40.0 Å². The fourth-order valence-electron chi connectivity index (χ4n) is 1.40. The summed E-state index contributed by atoms with van der Waals surface area (Å²) in [6.07, 6.45) is 5.75. The lowest BCUT2D eigenvalue weighted by molar-refractivity contribution is 0.714. The fourth-order valence-corrected chi connectivity index (χ4v) is 1.40. The topological polar surface area (TPSA) is 36.8 Å². The molecule has 0 aromatic heterocycles. The maximum atomic E-state index is 4.42. The van der Waals surface area contributed by atoms with Crippen LogP contribution in [-0.4, -0.2) is 18.1 Å². The van der Waals surface area contributed by atoms with Gasteiger partial charge in [-0.3, -0.25) is 0 Å². The van der Waals surface area contributed by atoms with Crippen LogP contribution in [0.3, 0.4) is 0 Å². The van der Waals surface area contributed by atoms with E-state index in [1.807, 2.05) is 20.8 Å². The minimum atomic E-state index is 0.825. The van der Waals surface area contributed by atoms with E-state index in [2.05, 4.69) is 21.4 Å². The number of aliphatic imine (C=N–C) groups is 2. The van der Waals surface area contributed by atoms with E-state index in [0.29, 0.717) is 0 Å². The van der Waals surface area contributed by atoms with Gasteiger partial charge in [0.25, 0.3) is 0 Å². The van der Waals surface area contributed by atoms with Crippen LogP contribution >= 0.6 is 0 Å². The molecule has 0 saturated heterocycles. The van der Waals surface area contributed by atoms with Crippen molar-refractivity contribution in [2.24, 2.45) is 9.98 Å². The maximum Gasteiger partial charge on any atom is 0.127 e. The number of nitrogens with one attached hydrogen (secondary N) is 1. The van der Waals surface area contributed by atoms with Crippen LogP contribution in [0.2, 0.25) is 0 Å². The van der Waals surface area contributed by atoms with E-state index in [1.54, 1.807) is 0 Å². The lowest BCUT2D eigenvalue weighted by Crippen LogP contribution is -2.12. The normalized spacial score (nSPS) is 17.9. The SMILES string of the molecule is CC(C)=N/C(C)=N\C1=CCCCCN1. The molecule has 1 heterocycles. The number of amidine groups is 1.